The molecule has 0 aromatic carbocycles. The molecule has 1 aliphatic heterocycles. The van der Waals surface area contributed by atoms with Gasteiger partial charge in [0.2, 0.25) is 0 Å². The van der Waals surface area contributed by atoms with Crippen LogP contribution in [0.25, 0.3) is 0 Å². The van der Waals surface area contributed by atoms with E-state index in [9.17, 15) is 5.26 Å². The van der Waals surface area contributed by atoms with Gasteiger partial charge in [-0.2, -0.15) is 5.26 Å². The zero-order valence-electron chi connectivity index (χ0n) is 10.8. The lowest BCUT2D eigenvalue weighted by Gasteiger charge is -2.43. The van der Waals surface area contributed by atoms with Gasteiger partial charge in [-0.3, -0.25) is 4.90 Å². The van der Waals surface area contributed by atoms with Crippen molar-refractivity contribution in [3.63, 3.8) is 0 Å². The minimum atomic E-state index is -0.276. The number of rotatable bonds is 5. The Morgan fingerprint density at radius 1 is 1.38 bits per heavy atom. The molecule has 16 heavy (non-hydrogen) atoms. The Balaban J connectivity index is 2.75. The van der Waals surface area contributed by atoms with E-state index in [0.29, 0.717) is 0 Å². The number of nitriles is 1. The summed E-state index contributed by atoms with van der Waals surface area (Å²) >= 11 is 0. The summed E-state index contributed by atoms with van der Waals surface area (Å²) in [7, 11) is 0. The maximum atomic E-state index is 9.51. The van der Waals surface area contributed by atoms with Gasteiger partial charge < -0.3 is 4.74 Å². The first-order valence-corrected chi connectivity index (χ1v) is 6.50. The fourth-order valence-electron chi connectivity index (χ4n) is 2.73. The van der Waals surface area contributed by atoms with E-state index in [1.807, 2.05) is 0 Å². The van der Waals surface area contributed by atoms with Crippen molar-refractivity contribution in [1.82, 2.24) is 4.90 Å². The summed E-state index contributed by atoms with van der Waals surface area (Å²) in [6, 6.07) is 2.55. The molecular weight excluding hydrogens is 200 g/mol. The van der Waals surface area contributed by atoms with Crippen LogP contribution in [0.4, 0.5) is 0 Å². The molecule has 0 bridgehead atoms. The van der Waals surface area contributed by atoms with Crippen LogP contribution in [-0.4, -0.2) is 36.2 Å². The van der Waals surface area contributed by atoms with E-state index in [0.717, 1.165) is 45.4 Å². The van der Waals surface area contributed by atoms with Crippen LogP contribution in [0.1, 0.15) is 46.5 Å². The number of nitrogens with zero attached hydrogens (tertiary/aromatic N) is 2. The van der Waals surface area contributed by atoms with E-state index < -0.39 is 0 Å². The predicted octanol–water partition coefficient (Wildman–Crippen LogP) is 2.57. The summed E-state index contributed by atoms with van der Waals surface area (Å²) in [5.74, 6) is 0. The molecule has 0 spiro atoms. The van der Waals surface area contributed by atoms with E-state index in [1.165, 1.54) is 0 Å². The molecule has 1 aliphatic rings. The summed E-state index contributed by atoms with van der Waals surface area (Å²) in [4.78, 5) is 2.29. The van der Waals surface area contributed by atoms with E-state index in [2.05, 4.69) is 31.7 Å². The topological polar surface area (TPSA) is 36.3 Å². The Hall–Kier alpha value is -0.590. The monoisotopic (exact) mass is 224 g/mol. The molecule has 1 heterocycles. The molecule has 3 heteroatoms. The predicted molar refractivity (Wildman–Crippen MR) is 65.1 cm³/mol. The van der Waals surface area contributed by atoms with Crippen molar-refractivity contribution >= 4 is 0 Å². The molecule has 0 radical (unpaired) electrons. The van der Waals surface area contributed by atoms with E-state index in [-0.39, 0.29) is 11.6 Å². The van der Waals surface area contributed by atoms with Crippen LogP contribution >= 0.6 is 0 Å². The van der Waals surface area contributed by atoms with Crippen molar-refractivity contribution in [1.29, 1.82) is 5.26 Å². The van der Waals surface area contributed by atoms with Crippen molar-refractivity contribution in [2.45, 2.75) is 58.1 Å². The van der Waals surface area contributed by atoms with Gasteiger partial charge in [0.15, 0.2) is 0 Å². The molecule has 92 valence electrons. The number of hydrogen-bond donors (Lipinski definition) is 0. The lowest BCUT2D eigenvalue weighted by atomic mass is 9.85. The molecule has 3 nitrogen and oxygen atoms in total. The molecule has 0 saturated carbocycles. The minimum absolute atomic E-state index is 0.276. The van der Waals surface area contributed by atoms with Crippen molar-refractivity contribution in [3.8, 4) is 6.07 Å². The largest absolute Gasteiger partial charge is 0.378 e. The second-order valence-corrected chi connectivity index (χ2v) is 4.55. The van der Waals surface area contributed by atoms with Crippen molar-refractivity contribution in [3.05, 3.63) is 0 Å². The molecule has 1 rings (SSSR count). The van der Waals surface area contributed by atoms with Crippen LogP contribution in [0.15, 0.2) is 0 Å². The summed E-state index contributed by atoms with van der Waals surface area (Å²) in [5, 5.41) is 9.51. The molecule has 0 amide bonds. The first-order valence-electron chi connectivity index (χ1n) is 6.50. The van der Waals surface area contributed by atoms with Gasteiger partial charge in [-0.1, -0.05) is 27.2 Å². The summed E-state index contributed by atoms with van der Waals surface area (Å²) < 4.78 is 5.74. The van der Waals surface area contributed by atoms with Gasteiger partial charge in [-0.15, -0.1) is 0 Å². The molecule has 0 aromatic heterocycles. The quantitative estimate of drug-likeness (QED) is 0.720. The highest BCUT2D eigenvalue weighted by Crippen LogP contribution is 2.31. The zero-order valence-corrected chi connectivity index (χ0v) is 10.8. The molecule has 2 atom stereocenters. The van der Waals surface area contributed by atoms with E-state index >= 15 is 0 Å². The highest BCUT2D eigenvalue weighted by molar-refractivity contribution is 5.10. The van der Waals surface area contributed by atoms with Crippen LogP contribution < -0.4 is 0 Å². The highest BCUT2D eigenvalue weighted by atomic mass is 16.5. The van der Waals surface area contributed by atoms with Gasteiger partial charge in [-0.25, -0.2) is 0 Å². The lowest BCUT2D eigenvalue weighted by Crippen LogP contribution is -2.53. The summed E-state index contributed by atoms with van der Waals surface area (Å²) in [5.41, 5.74) is -0.276. The van der Waals surface area contributed by atoms with Gasteiger partial charge in [0.05, 0.1) is 12.2 Å². The zero-order chi connectivity index (χ0) is 12.0. The first-order chi connectivity index (χ1) is 7.72. The molecule has 0 aliphatic carbocycles. The average molecular weight is 224 g/mol. The molecule has 0 aromatic rings. The fourth-order valence-corrected chi connectivity index (χ4v) is 2.73. The number of hydrogen-bond acceptors (Lipinski definition) is 3. The third-order valence-electron chi connectivity index (χ3n) is 3.62. The van der Waals surface area contributed by atoms with Gasteiger partial charge in [-0.05, 0) is 19.5 Å². The third kappa shape index (κ3) is 2.75. The maximum Gasteiger partial charge on any atom is 0.113 e. The Kier molecular flexibility index (Phi) is 5.24. The van der Waals surface area contributed by atoms with Crippen molar-refractivity contribution in [2.24, 2.45) is 0 Å². The van der Waals surface area contributed by atoms with E-state index in [1.54, 1.807) is 0 Å². The Labute approximate surface area is 99.4 Å². The van der Waals surface area contributed by atoms with Gasteiger partial charge >= 0.3 is 0 Å². The number of ether oxygens (including phenoxy) is 1. The normalized spacial score (nSPS) is 30.3. The molecule has 1 fully saturated rings. The minimum Gasteiger partial charge on any atom is -0.378 e. The Morgan fingerprint density at radius 3 is 2.56 bits per heavy atom. The highest BCUT2D eigenvalue weighted by Gasteiger charge is 2.40. The second-order valence-electron chi connectivity index (χ2n) is 4.55. The summed E-state index contributed by atoms with van der Waals surface area (Å²) in [6.07, 6.45) is 4.21. The third-order valence-corrected chi connectivity index (χ3v) is 3.62. The maximum absolute atomic E-state index is 9.51. The fraction of sp³-hybridized carbons (Fsp3) is 0.923. The van der Waals surface area contributed by atoms with Crippen molar-refractivity contribution in [2.75, 3.05) is 19.7 Å². The van der Waals surface area contributed by atoms with Gasteiger partial charge in [0.25, 0.3) is 0 Å². The van der Waals surface area contributed by atoms with Gasteiger partial charge in [0, 0.05) is 19.4 Å². The standard InChI is InChI=1S/C13H24N2O/c1-4-7-12-10-13(11-14,8-9-16-12)15(5-2)6-3/h12H,4-10H2,1-3H3. The first kappa shape index (κ1) is 13.5. The van der Waals surface area contributed by atoms with E-state index in [4.69, 9.17) is 4.74 Å². The van der Waals surface area contributed by atoms with Crippen LogP contribution in [0.5, 0.6) is 0 Å². The molecule has 2 unspecified atom stereocenters. The van der Waals surface area contributed by atoms with Crippen LogP contribution in [0.3, 0.4) is 0 Å². The summed E-state index contributed by atoms with van der Waals surface area (Å²) in [6.45, 7) is 9.06. The lowest BCUT2D eigenvalue weighted by molar-refractivity contribution is -0.0531. The SMILES string of the molecule is CCCC1CC(C#N)(N(CC)CC)CCO1. The molecular formula is C13H24N2O. The molecule has 0 N–H and O–H groups in total. The van der Waals surface area contributed by atoms with Crippen LogP contribution in [0.2, 0.25) is 0 Å². The average Bonchev–Trinajstić information content (AvgIpc) is 2.31. The van der Waals surface area contributed by atoms with Gasteiger partial charge in [0.1, 0.15) is 5.54 Å². The van der Waals surface area contributed by atoms with Crippen LogP contribution in [0, 0.1) is 11.3 Å². The van der Waals surface area contributed by atoms with Crippen molar-refractivity contribution < 1.29 is 4.74 Å². The molecule has 1 saturated heterocycles. The Morgan fingerprint density at radius 2 is 2.06 bits per heavy atom. The smallest absolute Gasteiger partial charge is 0.113 e. The Bertz CT molecular complexity index is 243. The second kappa shape index (κ2) is 6.22. The van der Waals surface area contributed by atoms with Crippen LogP contribution in [-0.2, 0) is 4.74 Å².